The van der Waals surface area contributed by atoms with E-state index in [-0.39, 0.29) is 6.07 Å². The fraction of sp³-hybridized carbons (Fsp3) is 0.500. The molecular formula is C6H3F7N2. The van der Waals surface area contributed by atoms with Crippen molar-refractivity contribution in [2.45, 2.75) is 18.5 Å². The number of halogens is 7. The van der Waals surface area contributed by atoms with Gasteiger partial charge in [-0.05, 0) is 6.07 Å². The van der Waals surface area contributed by atoms with E-state index in [9.17, 15) is 30.7 Å². The monoisotopic (exact) mass is 236 g/mol. The number of aromatic nitrogens is 2. The molecule has 0 saturated carbocycles. The van der Waals surface area contributed by atoms with Crippen molar-refractivity contribution in [3.05, 3.63) is 17.5 Å². The van der Waals surface area contributed by atoms with Crippen LogP contribution in [0.1, 0.15) is 17.8 Å². The van der Waals surface area contributed by atoms with E-state index in [4.69, 9.17) is 0 Å². The summed E-state index contributed by atoms with van der Waals surface area (Å²) < 4.78 is 83.9. The Bertz CT molecular complexity index is 339. The van der Waals surface area contributed by atoms with Gasteiger partial charge in [-0.15, -0.1) is 0 Å². The van der Waals surface area contributed by atoms with Crippen LogP contribution < -0.4 is 0 Å². The quantitative estimate of drug-likeness (QED) is 0.785. The summed E-state index contributed by atoms with van der Waals surface area (Å²) in [7, 11) is 0. The molecule has 86 valence electrons. The molecule has 0 amide bonds. The van der Waals surface area contributed by atoms with Gasteiger partial charge in [0, 0.05) is 0 Å². The maximum Gasteiger partial charge on any atom is 0.459 e. The van der Waals surface area contributed by atoms with Gasteiger partial charge in [-0.2, -0.15) is 27.1 Å². The second-order valence-corrected chi connectivity index (χ2v) is 2.58. The Kier molecular flexibility index (Phi) is 2.66. The van der Waals surface area contributed by atoms with Crippen molar-refractivity contribution < 1.29 is 30.7 Å². The minimum absolute atomic E-state index is 0.0157. The highest BCUT2D eigenvalue weighted by atomic mass is 19.4. The molecule has 0 atom stereocenters. The highest BCUT2D eigenvalue weighted by molar-refractivity contribution is 5.16. The number of hydrogen-bond donors (Lipinski definition) is 1. The number of aromatic amines is 1. The van der Waals surface area contributed by atoms with Crippen LogP contribution in [0.2, 0.25) is 0 Å². The molecule has 0 aliphatic carbocycles. The van der Waals surface area contributed by atoms with Crippen molar-refractivity contribution >= 4 is 0 Å². The van der Waals surface area contributed by atoms with Gasteiger partial charge >= 0.3 is 12.1 Å². The Hall–Kier alpha value is -1.28. The molecule has 0 unspecified atom stereocenters. The van der Waals surface area contributed by atoms with Gasteiger partial charge in [-0.25, -0.2) is 8.78 Å². The highest BCUT2D eigenvalue weighted by Gasteiger charge is 2.60. The fourth-order valence-electron chi connectivity index (χ4n) is 0.763. The summed E-state index contributed by atoms with van der Waals surface area (Å²) in [5.74, 6) is -5.22. The molecule has 1 aromatic rings. The zero-order chi connectivity index (χ0) is 11.9. The molecule has 2 nitrogen and oxygen atoms in total. The largest absolute Gasteiger partial charge is 0.459 e. The van der Waals surface area contributed by atoms with Crippen LogP contribution in [0, 0.1) is 0 Å². The normalized spacial score (nSPS) is 13.6. The minimum Gasteiger partial charge on any atom is -0.276 e. The first-order valence-corrected chi connectivity index (χ1v) is 3.44. The van der Waals surface area contributed by atoms with Crippen molar-refractivity contribution in [3.63, 3.8) is 0 Å². The van der Waals surface area contributed by atoms with Gasteiger partial charge in [0.05, 0.1) is 0 Å². The molecule has 9 heteroatoms. The molecule has 1 heterocycles. The molecule has 1 N–H and O–H groups in total. The molecule has 0 saturated heterocycles. The van der Waals surface area contributed by atoms with Gasteiger partial charge in [0.1, 0.15) is 11.4 Å². The third kappa shape index (κ3) is 2.05. The first-order chi connectivity index (χ1) is 6.66. The summed E-state index contributed by atoms with van der Waals surface area (Å²) >= 11 is 0. The second kappa shape index (κ2) is 3.38. The number of alkyl halides is 7. The molecule has 1 aromatic heterocycles. The fourth-order valence-corrected chi connectivity index (χ4v) is 0.763. The van der Waals surface area contributed by atoms with E-state index >= 15 is 0 Å². The summed E-state index contributed by atoms with van der Waals surface area (Å²) in [6.45, 7) is 0. The maximum atomic E-state index is 12.5. The third-order valence-electron chi connectivity index (χ3n) is 1.52. The van der Waals surface area contributed by atoms with Crippen molar-refractivity contribution in [2.75, 3.05) is 0 Å². The second-order valence-electron chi connectivity index (χ2n) is 2.58. The average Bonchev–Trinajstić information content (AvgIpc) is 2.49. The molecule has 0 fully saturated rings. The lowest BCUT2D eigenvalue weighted by molar-refractivity contribution is -0.290. The summed E-state index contributed by atoms with van der Waals surface area (Å²) in [5, 5.41) is 3.87. The maximum absolute atomic E-state index is 12.5. The molecule has 15 heavy (non-hydrogen) atoms. The first-order valence-electron chi connectivity index (χ1n) is 3.44. The lowest BCUT2D eigenvalue weighted by Crippen LogP contribution is -2.34. The van der Waals surface area contributed by atoms with Gasteiger partial charge in [-0.1, -0.05) is 0 Å². The van der Waals surface area contributed by atoms with Gasteiger partial charge in [0.25, 0.3) is 6.43 Å². The van der Waals surface area contributed by atoms with Gasteiger partial charge < -0.3 is 0 Å². The molecule has 0 spiro atoms. The van der Waals surface area contributed by atoms with E-state index in [1.54, 1.807) is 0 Å². The zero-order valence-corrected chi connectivity index (χ0v) is 6.75. The standard InChI is InChI=1S/C6H3F7N2/c7-4(8)2-1-3(15-14-2)5(9,10)6(11,12)13/h1,4H,(H,14,15). The molecular weight excluding hydrogens is 233 g/mol. The number of nitrogens with zero attached hydrogens (tertiary/aromatic N) is 1. The van der Waals surface area contributed by atoms with Crippen molar-refractivity contribution in [3.8, 4) is 0 Å². The van der Waals surface area contributed by atoms with E-state index in [0.717, 1.165) is 0 Å². The first kappa shape index (κ1) is 11.8. The van der Waals surface area contributed by atoms with Crippen LogP contribution in [0.5, 0.6) is 0 Å². The van der Waals surface area contributed by atoms with Crippen LogP contribution in [-0.2, 0) is 5.92 Å². The molecule has 1 rings (SSSR count). The topological polar surface area (TPSA) is 28.7 Å². The van der Waals surface area contributed by atoms with Crippen molar-refractivity contribution in [1.29, 1.82) is 0 Å². The predicted octanol–water partition coefficient (Wildman–Crippen LogP) is 3.00. The van der Waals surface area contributed by atoms with Crippen LogP contribution in [0.15, 0.2) is 6.07 Å². The molecule has 0 bridgehead atoms. The Balaban J connectivity index is 3.06. The zero-order valence-electron chi connectivity index (χ0n) is 6.75. The van der Waals surface area contributed by atoms with Crippen LogP contribution in [0.4, 0.5) is 30.7 Å². The number of hydrogen-bond acceptors (Lipinski definition) is 1. The van der Waals surface area contributed by atoms with Crippen molar-refractivity contribution in [2.24, 2.45) is 0 Å². The minimum atomic E-state index is -5.85. The SMILES string of the molecule is FC(F)c1cc(C(F)(F)C(F)(F)F)[nH]n1. The number of H-pyrrole nitrogens is 1. The number of rotatable bonds is 2. The van der Waals surface area contributed by atoms with Crippen LogP contribution in [-0.4, -0.2) is 16.4 Å². The summed E-state index contributed by atoms with van der Waals surface area (Å²) in [5.41, 5.74) is -2.86. The van der Waals surface area contributed by atoms with Crippen LogP contribution in [0.3, 0.4) is 0 Å². The van der Waals surface area contributed by atoms with E-state index < -0.39 is 29.9 Å². The van der Waals surface area contributed by atoms with Crippen LogP contribution >= 0.6 is 0 Å². The van der Waals surface area contributed by atoms with E-state index in [0.29, 0.717) is 0 Å². The lowest BCUT2D eigenvalue weighted by atomic mass is 10.2. The molecule has 0 aliphatic rings. The summed E-state index contributed by atoms with van der Waals surface area (Å²) in [4.78, 5) is 0. The molecule has 0 aliphatic heterocycles. The Labute approximate surface area is 78.1 Å². The highest BCUT2D eigenvalue weighted by Crippen LogP contribution is 2.43. The Morgan fingerprint density at radius 3 is 2.00 bits per heavy atom. The smallest absolute Gasteiger partial charge is 0.276 e. The van der Waals surface area contributed by atoms with Crippen LogP contribution in [0.25, 0.3) is 0 Å². The number of nitrogens with one attached hydrogen (secondary N) is 1. The molecule has 0 radical (unpaired) electrons. The van der Waals surface area contributed by atoms with E-state index in [1.807, 2.05) is 0 Å². The summed E-state index contributed by atoms with van der Waals surface area (Å²) in [6, 6.07) is -0.0157. The van der Waals surface area contributed by atoms with Gasteiger partial charge in [0.15, 0.2) is 0 Å². The molecule has 0 aromatic carbocycles. The predicted molar refractivity (Wildman–Crippen MR) is 33.5 cm³/mol. The average molecular weight is 236 g/mol. The third-order valence-corrected chi connectivity index (χ3v) is 1.52. The van der Waals surface area contributed by atoms with E-state index in [2.05, 4.69) is 5.10 Å². The summed E-state index contributed by atoms with van der Waals surface area (Å²) in [6.07, 6.45) is -9.06. The Morgan fingerprint density at radius 2 is 1.67 bits per heavy atom. The van der Waals surface area contributed by atoms with Gasteiger partial charge in [-0.3, -0.25) is 5.10 Å². The Morgan fingerprint density at radius 1 is 1.13 bits per heavy atom. The van der Waals surface area contributed by atoms with Crippen molar-refractivity contribution in [1.82, 2.24) is 10.2 Å². The van der Waals surface area contributed by atoms with Gasteiger partial charge in [0.2, 0.25) is 0 Å². The van der Waals surface area contributed by atoms with E-state index in [1.165, 1.54) is 5.10 Å². The lowest BCUT2D eigenvalue weighted by Gasteiger charge is -2.17.